The van der Waals surface area contributed by atoms with Gasteiger partial charge < -0.3 is 5.32 Å². The maximum Gasteiger partial charge on any atom is 0.256 e. The number of amides is 1. The fourth-order valence-corrected chi connectivity index (χ4v) is 2.72. The van der Waals surface area contributed by atoms with Crippen LogP contribution < -0.4 is 5.32 Å². The van der Waals surface area contributed by atoms with Gasteiger partial charge in [0.15, 0.2) is 0 Å². The first-order chi connectivity index (χ1) is 8.49. The molecule has 0 aliphatic heterocycles. The van der Waals surface area contributed by atoms with Gasteiger partial charge in [0.25, 0.3) is 5.91 Å². The Hall–Kier alpha value is -1.03. The molecule has 0 radical (unpaired) electrons. The summed E-state index contributed by atoms with van der Waals surface area (Å²) in [5.41, 5.74) is 2.20. The molecule has 0 saturated carbocycles. The molecule has 94 valence electrons. The molecule has 0 aliphatic rings. The van der Waals surface area contributed by atoms with E-state index >= 15 is 0 Å². The Bertz CT molecular complexity index is 607. The van der Waals surface area contributed by atoms with Crippen molar-refractivity contribution in [3.63, 3.8) is 0 Å². The summed E-state index contributed by atoms with van der Waals surface area (Å²) in [4.78, 5) is 13.2. The lowest BCUT2D eigenvalue weighted by Gasteiger charge is -2.07. The van der Waals surface area contributed by atoms with Gasteiger partial charge in [0.2, 0.25) is 0 Å². The summed E-state index contributed by atoms with van der Waals surface area (Å²) in [5.74, 6) is -0.166. The number of carbonyl (C=O) groups is 1. The second-order valence-corrected chi connectivity index (χ2v) is 5.84. The number of rotatable bonds is 2. The van der Waals surface area contributed by atoms with E-state index in [0.717, 1.165) is 10.4 Å². The molecule has 2 rings (SSSR count). The van der Waals surface area contributed by atoms with E-state index in [9.17, 15) is 4.79 Å². The molecule has 0 fully saturated rings. The van der Waals surface area contributed by atoms with Crippen molar-refractivity contribution in [2.75, 3.05) is 5.32 Å². The predicted molar refractivity (Wildman–Crippen MR) is 78.2 cm³/mol. The van der Waals surface area contributed by atoms with Gasteiger partial charge in [-0.05, 0) is 37.6 Å². The van der Waals surface area contributed by atoms with Crippen LogP contribution in [0.2, 0.25) is 10.0 Å². The van der Waals surface area contributed by atoms with E-state index in [2.05, 4.69) is 5.32 Å². The van der Waals surface area contributed by atoms with Crippen molar-refractivity contribution in [1.82, 2.24) is 0 Å². The minimum absolute atomic E-state index is 0.166. The average molecular weight is 300 g/mol. The van der Waals surface area contributed by atoms with Gasteiger partial charge in [0, 0.05) is 15.3 Å². The lowest BCUT2D eigenvalue weighted by molar-refractivity contribution is 0.102. The number of anilines is 1. The SMILES string of the molecule is Cc1scc(C(=O)Nc2cc(Cl)ccc2Cl)c1C. The Morgan fingerprint density at radius 1 is 1.28 bits per heavy atom. The number of nitrogens with one attached hydrogen (secondary N) is 1. The van der Waals surface area contributed by atoms with Crippen LogP contribution in [0.1, 0.15) is 20.8 Å². The Labute approximate surface area is 120 Å². The molecule has 0 atom stereocenters. The summed E-state index contributed by atoms with van der Waals surface area (Å²) in [6.45, 7) is 3.92. The van der Waals surface area contributed by atoms with Gasteiger partial charge in [-0.1, -0.05) is 23.2 Å². The monoisotopic (exact) mass is 299 g/mol. The van der Waals surface area contributed by atoms with Crippen LogP contribution in [0.3, 0.4) is 0 Å². The van der Waals surface area contributed by atoms with Crippen LogP contribution in [-0.4, -0.2) is 5.91 Å². The van der Waals surface area contributed by atoms with Crippen LogP contribution in [0.25, 0.3) is 0 Å². The zero-order valence-corrected chi connectivity index (χ0v) is 12.2. The number of benzene rings is 1. The number of carbonyl (C=O) groups excluding carboxylic acids is 1. The molecule has 2 nitrogen and oxygen atoms in total. The number of hydrogen-bond donors (Lipinski definition) is 1. The molecular formula is C13H11Cl2NOS. The first kappa shape index (κ1) is 13.4. The third-order valence-electron chi connectivity index (χ3n) is 2.71. The molecule has 2 aromatic rings. The van der Waals surface area contributed by atoms with Crippen molar-refractivity contribution >= 4 is 46.1 Å². The van der Waals surface area contributed by atoms with Gasteiger partial charge in [-0.25, -0.2) is 0 Å². The Morgan fingerprint density at radius 2 is 2.00 bits per heavy atom. The maximum absolute atomic E-state index is 12.1. The van der Waals surface area contributed by atoms with Crippen LogP contribution in [0, 0.1) is 13.8 Å². The topological polar surface area (TPSA) is 29.1 Å². The summed E-state index contributed by atoms with van der Waals surface area (Å²) in [5, 5.41) is 5.62. The summed E-state index contributed by atoms with van der Waals surface area (Å²) >= 11 is 13.4. The zero-order chi connectivity index (χ0) is 13.3. The Balaban J connectivity index is 2.27. The van der Waals surface area contributed by atoms with Crippen molar-refractivity contribution < 1.29 is 4.79 Å². The second kappa shape index (κ2) is 5.31. The molecule has 5 heteroatoms. The third kappa shape index (κ3) is 2.69. The van der Waals surface area contributed by atoms with E-state index < -0.39 is 0 Å². The second-order valence-electron chi connectivity index (χ2n) is 3.91. The first-order valence-corrected chi connectivity index (χ1v) is 6.93. The molecule has 1 heterocycles. The van der Waals surface area contributed by atoms with E-state index in [1.54, 1.807) is 29.5 Å². The van der Waals surface area contributed by atoms with Gasteiger partial charge in [-0.2, -0.15) is 0 Å². The maximum atomic E-state index is 12.1. The molecule has 0 spiro atoms. The lowest BCUT2D eigenvalue weighted by atomic mass is 10.1. The van der Waals surface area contributed by atoms with Gasteiger partial charge >= 0.3 is 0 Å². The van der Waals surface area contributed by atoms with E-state index in [0.29, 0.717) is 21.3 Å². The molecule has 0 unspecified atom stereocenters. The smallest absolute Gasteiger partial charge is 0.256 e. The standard InChI is InChI=1S/C13H11Cl2NOS/c1-7-8(2)18-6-10(7)13(17)16-12-5-9(14)3-4-11(12)15/h3-6H,1-2H3,(H,16,17). The normalized spacial score (nSPS) is 10.4. The quantitative estimate of drug-likeness (QED) is 0.837. The van der Waals surface area contributed by atoms with Gasteiger partial charge in [-0.15, -0.1) is 11.3 Å². The van der Waals surface area contributed by atoms with E-state index in [-0.39, 0.29) is 5.91 Å². The highest BCUT2D eigenvalue weighted by Gasteiger charge is 2.14. The summed E-state index contributed by atoms with van der Waals surface area (Å²) in [6, 6.07) is 4.97. The lowest BCUT2D eigenvalue weighted by Crippen LogP contribution is -2.12. The predicted octanol–water partition coefficient (Wildman–Crippen LogP) is 4.92. The minimum atomic E-state index is -0.166. The number of aryl methyl sites for hydroxylation is 1. The van der Waals surface area contributed by atoms with Crippen molar-refractivity contribution in [3.8, 4) is 0 Å². The van der Waals surface area contributed by atoms with Crippen molar-refractivity contribution in [3.05, 3.63) is 49.6 Å². The van der Waals surface area contributed by atoms with Crippen molar-refractivity contribution in [1.29, 1.82) is 0 Å². The zero-order valence-electron chi connectivity index (χ0n) is 9.88. The molecule has 1 N–H and O–H groups in total. The highest BCUT2D eigenvalue weighted by Crippen LogP contribution is 2.27. The molecule has 0 aliphatic carbocycles. The number of thiophene rings is 1. The summed E-state index contributed by atoms with van der Waals surface area (Å²) in [6.07, 6.45) is 0. The Kier molecular flexibility index (Phi) is 3.95. The van der Waals surface area contributed by atoms with Gasteiger partial charge in [0.1, 0.15) is 0 Å². The van der Waals surface area contributed by atoms with Crippen LogP contribution in [0.15, 0.2) is 23.6 Å². The van der Waals surface area contributed by atoms with Crippen molar-refractivity contribution in [2.45, 2.75) is 13.8 Å². The largest absolute Gasteiger partial charge is 0.321 e. The van der Waals surface area contributed by atoms with Crippen molar-refractivity contribution in [2.24, 2.45) is 0 Å². The summed E-state index contributed by atoms with van der Waals surface area (Å²) < 4.78 is 0. The molecule has 1 amide bonds. The molecular weight excluding hydrogens is 289 g/mol. The summed E-state index contributed by atoms with van der Waals surface area (Å²) in [7, 11) is 0. The number of hydrogen-bond acceptors (Lipinski definition) is 2. The van der Waals surface area contributed by atoms with Gasteiger partial charge in [0.05, 0.1) is 16.3 Å². The average Bonchev–Trinajstić information content (AvgIpc) is 2.65. The molecule has 0 bridgehead atoms. The molecule has 18 heavy (non-hydrogen) atoms. The van der Waals surface area contributed by atoms with Crippen LogP contribution in [-0.2, 0) is 0 Å². The van der Waals surface area contributed by atoms with E-state index in [1.807, 2.05) is 19.2 Å². The first-order valence-electron chi connectivity index (χ1n) is 5.30. The van der Waals surface area contributed by atoms with E-state index in [1.165, 1.54) is 0 Å². The third-order valence-corrected chi connectivity index (χ3v) is 4.28. The fourth-order valence-electron chi connectivity index (χ4n) is 1.52. The molecule has 0 saturated heterocycles. The number of halogens is 2. The van der Waals surface area contributed by atoms with Crippen LogP contribution in [0.5, 0.6) is 0 Å². The highest BCUT2D eigenvalue weighted by molar-refractivity contribution is 7.10. The molecule has 1 aromatic heterocycles. The highest BCUT2D eigenvalue weighted by atomic mass is 35.5. The Morgan fingerprint density at radius 3 is 2.61 bits per heavy atom. The van der Waals surface area contributed by atoms with Crippen LogP contribution >= 0.6 is 34.5 Å². The van der Waals surface area contributed by atoms with Crippen LogP contribution in [0.4, 0.5) is 5.69 Å². The fraction of sp³-hybridized carbons (Fsp3) is 0.154. The minimum Gasteiger partial charge on any atom is -0.321 e. The van der Waals surface area contributed by atoms with E-state index in [4.69, 9.17) is 23.2 Å². The molecule has 1 aromatic carbocycles. The van der Waals surface area contributed by atoms with Gasteiger partial charge in [-0.3, -0.25) is 4.79 Å².